The van der Waals surface area contributed by atoms with Crippen LogP contribution in [0.15, 0.2) is 36.4 Å². The molecule has 0 saturated carbocycles. The van der Waals surface area contributed by atoms with Gasteiger partial charge in [0.2, 0.25) is 5.91 Å². The zero-order valence-corrected chi connectivity index (χ0v) is 17.2. The van der Waals surface area contributed by atoms with Gasteiger partial charge in [-0.05, 0) is 30.3 Å². The maximum atomic E-state index is 13.1. The number of amides is 1. The molecule has 0 atom stereocenters. The number of nitrogens with one attached hydrogen (secondary N) is 1. The first kappa shape index (κ1) is 20.7. The summed E-state index contributed by atoms with van der Waals surface area (Å²) in [6.07, 6.45) is 0.322. The van der Waals surface area contributed by atoms with Crippen LogP contribution in [-0.4, -0.2) is 62.7 Å². The van der Waals surface area contributed by atoms with Crippen molar-refractivity contribution >= 4 is 29.0 Å². The summed E-state index contributed by atoms with van der Waals surface area (Å²) in [5.41, 5.74) is 1.23. The largest absolute Gasteiger partial charge is 0.486 e. The maximum absolute atomic E-state index is 13.1. The Kier molecular flexibility index (Phi) is 6.52. The third-order valence-electron chi connectivity index (χ3n) is 5.07. The van der Waals surface area contributed by atoms with E-state index in [1.807, 2.05) is 0 Å². The van der Waals surface area contributed by atoms with Gasteiger partial charge in [0.1, 0.15) is 13.2 Å². The van der Waals surface area contributed by atoms with Gasteiger partial charge in [-0.3, -0.25) is 14.5 Å². The average Bonchev–Trinajstić information content (AvgIpc) is 2.78. The van der Waals surface area contributed by atoms with E-state index in [2.05, 4.69) is 10.2 Å². The fraction of sp³-hybridized carbons (Fsp3) is 0.364. The number of hydrogen-bond acceptors (Lipinski definition) is 6. The topological polar surface area (TPSA) is 77.1 Å². The number of fused-ring (bicyclic) bond motifs is 1. The van der Waals surface area contributed by atoms with E-state index in [9.17, 15) is 9.59 Å². The molecular weight excluding hydrogens is 408 g/mol. The van der Waals surface area contributed by atoms with Crippen LogP contribution in [0.1, 0.15) is 22.3 Å². The normalized spacial score (nSPS) is 16.2. The van der Waals surface area contributed by atoms with E-state index in [0.29, 0.717) is 72.7 Å². The molecule has 4 rings (SSSR count). The standard InChI is InChI=1S/C22H23ClN2O5/c23-16-3-1-15(2-4-16)22(27)17-13-19-20(30-12-11-29-19)14-18(17)24-21(26)5-6-25-7-9-28-10-8-25/h1-4,13-14H,5-12H2,(H,24,26). The van der Waals surface area contributed by atoms with E-state index in [1.54, 1.807) is 36.4 Å². The number of carbonyl (C=O) groups excluding carboxylic acids is 2. The average molecular weight is 431 g/mol. The molecule has 0 unspecified atom stereocenters. The van der Waals surface area contributed by atoms with Gasteiger partial charge < -0.3 is 19.5 Å². The van der Waals surface area contributed by atoms with Crippen LogP contribution in [0.2, 0.25) is 5.02 Å². The zero-order valence-electron chi connectivity index (χ0n) is 16.5. The first-order chi connectivity index (χ1) is 14.6. The molecule has 2 aromatic carbocycles. The van der Waals surface area contributed by atoms with Crippen LogP contribution < -0.4 is 14.8 Å². The molecule has 1 N–H and O–H groups in total. The van der Waals surface area contributed by atoms with Gasteiger partial charge in [0.25, 0.3) is 0 Å². The van der Waals surface area contributed by atoms with Gasteiger partial charge in [-0.15, -0.1) is 0 Å². The summed E-state index contributed by atoms with van der Waals surface area (Å²) in [5, 5.41) is 3.43. The van der Waals surface area contributed by atoms with E-state index in [0.717, 1.165) is 13.1 Å². The minimum absolute atomic E-state index is 0.164. The number of benzene rings is 2. The smallest absolute Gasteiger partial charge is 0.225 e. The molecule has 2 heterocycles. The quantitative estimate of drug-likeness (QED) is 0.710. The molecule has 1 saturated heterocycles. The zero-order chi connectivity index (χ0) is 20.9. The summed E-state index contributed by atoms with van der Waals surface area (Å²) < 4.78 is 16.6. The first-order valence-electron chi connectivity index (χ1n) is 9.94. The summed E-state index contributed by atoms with van der Waals surface area (Å²) in [6, 6.07) is 9.92. The molecule has 0 aliphatic carbocycles. The molecule has 2 aromatic rings. The van der Waals surface area contributed by atoms with Crippen LogP contribution in [0.25, 0.3) is 0 Å². The highest BCUT2D eigenvalue weighted by Gasteiger charge is 2.22. The molecule has 0 radical (unpaired) electrons. The molecule has 0 bridgehead atoms. The maximum Gasteiger partial charge on any atom is 0.225 e. The lowest BCUT2D eigenvalue weighted by atomic mass is 10.0. The molecule has 158 valence electrons. The van der Waals surface area contributed by atoms with Crippen LogP contribution in [0, 0.1) is 0 Å². The Bertz CT molecular complexity index is 926. The molecule has 2 aliphatic heterocycles. The van der Waals surface area contributed by atoms with E-state index < -0.39 is 0 Å². The number of ketones is 1. The van der Waals surface area contributed by atoms with Crippen molar-refractivity contribution in [3.63, 3.8) is 0 Å². The van der Waals surface area contributed by atoms with E-state index >= 15 is 0 Å². The number of rotatable bonds is 6. The lowest BCUT2D eigenvalue weighted by molar-refractivity contribution is -0.116. The lowest BCUT2D eigenvalue weighted by Gasteiger charge is -2.26. The van der Waals surface area contributed by atoms with Crippen molar-refractivity contribution in [2.45, 2.75) is 6.42 Å². The number of morpholine rings is 1. The lowest BCUT2D eigenvalue weighted by Crippen LogP contribution is -2.38. The fourth-order valence-electron chi connectivity index (χ4n) is 3.43. The van der Waals surface area contributed by atoms with Gasteiger partial charge in [0.05, 0.1) is 24.5 Å². The summed E-state index contributed by atoms with van der Waals surface area (Å²) in [7, 11) is 0. The van der Waals surface area contributed by atoms with Gasteiger partial charge in [-0.1, -0.05) is 11.6 Å². The number of ether oxygens (including phenoxy) is 3. The number of anilines is 1. The highest BCUT2D eigenvalue weighted by molar-refractivity contribution is 6.30. The van der Waals surface area contributed by atoms with Crippen LogP contribution in [0.3, 0.4) is 0 Å². The fourth-order valence-corrected chi connectivity index (χ4v) is 3.56. The molecular formula is C22H23ClN2O5. The van der Waals surface area contributed by atoms with Crippen LogP contribution in [0.4, 0.5) is 5.69 Å². The SMILES string of the molecule is O=C(CCN1CCOCC1)Nc1cc2c(cc1C(=O)c1ccc(Cl)cc1)OCCO2. The summed E-state index contributed by atoms with van der Waals surface area (Å²) >= 11 is 5.94. The number of halogens is 1. The predicted octanol–water partition coefficient (Wildman–Crippen LogP) is 3.00. The molecule has 30 heavy (non-hydrogen) atoms. The molecule has 2 aliphatic rings. The molecule has 8 heteroatoms. The van der Waals surface area contributed by atoms with Crippen molar-refractivity contribution in [3.05, 3.63) is 52.5 Å². The third-order valence-corrected chi connectivity index (χ3v) is 5.32. The van der Waals surface area contributed by atoms with Gasteiger partial charge >= 0.3 is 0 Å². The number of nitrogens with zero attached hydrogens (tertiary/aromatic N) is 1. The highest BCUT2D eigenvalue weighted by atomic mass is 35.5. The Morgan fingerprint density at radius 2 is 1.63 bits per heavy atom. The minimum Gasteiger partial charge on any atom is -0.486 e. The van der Waals surface area contributed by atoms with Crippen molar-refractivity contribution in [2.75, 3.05) is 51.4 Å². The van der Waals surface area contributed by atoms with Crippen molar-refractivity contribution in [1.29, 1.82) is 0 Å². The third kappa shape index (κ3) is 4.92. The summed E-state index contributed by atoms with van der Waals surface area (Å²) in [4.78, 5) is 27.9. The van der Waals surface area contributed by atoms with Crippen LogP contribution >= 0.6 is 11.6 Å². The second-order valence-corrected chi connectivity index (χ2v) is 7.57. The Balaban J connectivity index is 1.54. The molecule has 1 amide bonds. The predicted molar refractivity (Wildman–Crippen MR) is 113 cm³/mol. The Morgan fingerprint density at radius 3 is 2.33 bits per heavy atom. The van der Waals surface area contributed by atoms with Crippen LogP contribution in [0.5, 0.6) is 11.5 Å². The Labute approximate surface area is 179 Å². The first-order valence-corrected chi connectivity index (χ1v) is 10.3. The van der Waals surface area contributed by atoms with E-state index in [4.69, 9.17) is 25.8 Å². The van der Waals surface area contributed by atoms with Crippen molar-refractivity contribution in [1.82, 2.24) is 4.90 Å². The highest BCUT2D eigenvalue weighted by Crippen LogP contribution is 2.36. The summed E-state index contributed by atoms with van der Waals surface area (Å²) in [6.45, 7) is 4.47. The Morgan fingerprint density at radius 1 is 0.967 bits per heavy atom. The monoisotopic (exact) mass is 430 g/mol. The van der Waals surface area contributed by atoms with Crippen molar-refractivity contribution in [3.8, 4) is 11.5 Å². The van der Waals surface area contributed by atoms with Gasteiger partial charge in [-0.2, -0.15) is 0 Å². The molecule has 0 aromatic heterocycles. The van der Waals surface area contributed by atoms with Crippen molar-refractivity contribution < 1.29 is 23.8 Å². The van der Waals surface area contributed by atoms with Crippen molar-refractivity contribution in [2.24, 2.45) is 0 Å². The molecule has 7 nitrogen and oxygen atoms in total. The van der Waals surface area contributed by atoms with E-state index in [1.165, 1.54) is 0 Å². The number of hydrogen-bond donors (Lipinski definition) is 1. The second-order valence-electron chi connectivity index (χ2n) is 7.13. The van der Waals surface area contributed by atoms with Crippen LogP contribution in [-0.2, 0) is 9.53 Å². The van der Waals surface area contributed by atoms with E-state index in [-0.39, 0.29) is 11.7 Å². The minimum atomic E-state index is -0.230. The summed E-state index contributed by atoms with van der Waals surface area (Å²) in [5.74, 6) is 0.609. The molecule has 1 fully saturated rings. The van der Waals surface area contributed by atoms with Gasteiger partial charge in [0, 0.05) is 42.7 Å². The second kappa shape index (κ2) is 9.47. The number of carbonyl (C=O) groups is 2. The Hall–Kier alpha value is -2.61. The molecule has 0 spiro atoms. The van der Waals surface area contributed by atoms with Gasteiger partial charge in [-0.25, -0.2) is 0 Å². The van der Waals surface area contributed by atoms with Gasteiger partial charge in [0.15, 0.2) is 17.3 Å².